The number of nitrogens with one attached hydrogen (secondary N) is 2. The highest BCUT2D eigenvalue weighted by Crippen LogP contribution is 2.21. The molecule has 0 spiro atoms. The molecule has 0 aliphatic carbocycles. The number of hydrogen-bond donors (Lipinski definition) is 2. The molecule has 0 radical (unpaired) electrons. The summed E-state index contributed by atoms with van der Waals surface area (Å²) in [6.07, 6.45) is 3.44. The smallest absolute Gasteiger partial charge is 0.175 e. The number of benzene rings is 2. The number of nitrogens with zero attached hydrogens (tertiary/aromatic N) is 2. The highest BCUT2D eigenvalue weighted by Gasteiger charge is 2.07. The van der Waals surface area contributed by atoms with Crippen LogP contribution in [-0.2, 0) is 6.54 Å². The van der Waals surface area contributed by atoms with Gasteiger partial charge in [-0.3, -0.25) is 4.68 Å². The first-order valence-corrected chi connectivity index (χ1v) is 8.87. The number of halogens is 3. The number of anilines is 2. The van der Waals surface area contributed by atoms with E-state index in [-0.39, 0.29) is 5.82 Å². The molecule has 3 aromatic rings. The predicted octanol–water partition coefficient (Wildman–Crippen LogP) is 5.49. The normalized spacial score (nSPS) is 10.6. The summed E-state index contributed by atoms with van der Waals surface area (Å²) in [5.41, 5.74) is 3.36. The number of hydrogen-bond acceptors (Lipinski definition) is 2. The molecule has 0 bridgehead atoms. The van der Waals surface area contributed by atoms with E-state index in [1.165, 1.54) is 12.1 Å². The molecule has 0 aliphatic rings. The van der Waals surface area contributed by atoms with Crippen molar-refractivity contribution in [3.63, 3.8) is 0 Å². The maximum Gasteiger partial charge on any atom is 0.175 e. The zero-order valence-electron chi connectivity index (χ0n) is 13.8. The van der Waals surface area contributed by atoms with Gasteiger partial charge < -0.3 is 10.6 Å². The van der Waals surface area contributed by atoms with E-state index in [1.54, 1.807) is 23.1 Å². The summed E-state index contributed by atoms with van der Waals surface area (Å²) in [5.74, 6) is -0.366. The molecule has 2 N–H and O–H groups in total. The Balaban J connectivity index is 1.64. The molecule has 0 saturated carbocycles. The summed E-state index contributed by atoms with van der Waals surface area (Å²) in [7, 11) is 0. The Hall–Kier alpha value is -2.15. The van der Waals surface area contributed by atoms with Crippen LogP contribution in [-0.4, -0.2) is 14.9 Å². The second-order valence-corrected chi connectivity index (χ2v) is 6.95. The summed E-state index contributed by atoms with van der Waals surface area (Å²) >= 11 is 17.4. The number of thiocarbonyl (C=S) groups is 1. The molecule has 0 aliphatic heterocycles. The van der Waals surface area contributed by atoms with Gasteiger partial charge in [-0.2, -0.15) is 5.10 Å². The summed E-state index contributed by atoms with van der Waals surface area (Å²) in [5, 5.41) is 11.9. The second-order valence-electron chi connectivity index (χ2n) is 5.70. The van der Waals surface area contributed by atoms with E-state index in [2.05, 4.69) is 15.7 Å². The van der Waals surface area contributed by atoms with Gasteiger partial charge in [0.05, 0.1) is 18.4 Å². The van der Waals surface area contributed by atoms with Crippen molar-refractivity contribution >= 4 is 51.9 Å². The zero-order valence-corrected chi connectivity index (χ0v) is 16.1. The molecule has 1 heterocycles. The summed E-state index contributed by atoms with van der Waals surface area (Å²) < 4.78 is 14.8. The molecule has 0 saturated heterocycles. The average Bonchev–Trinajstić information content (AvgIpc) is 3.00. The van der Waals surface area contributed by atoms with Gasteiger partial charge >= 0.3 is 0 Å². The van der Waals surface area contributed by atoms with Crippen molar-refractivity contribution < 1.29 is 4.39 Å². The minimum Gasteiger partial charge on any atom is -0.332 e. The first kappa shape index (κ1) is 18.6. The first-order chi connectivity index (χ1) is 12.4. The third-order valence-electron chi connectivity index (χ3n) is 3.69. The van der Waals surface area contributed by atoms with E-state index in [1.807, 2.05) is 25.1 Å². The van der Waals surface area contributed by atoms with E-state index >= 15 is 0 Å². The Morgan fingerprint density at radius 2 is 2.00 bits per heavy atom. The lowest BCUT2D eigenvalue weighted by Gasteiger charge is -2.11. The van der Waals surface area contributed by atoms with Crippen LogP contribution in [0.5, 0.6) is 0 Å². The highest BCUT2D eigenvalue weighted by molar-refractivity contribution is 7.80. The molecule has 0 unspecified atom stereocenters. The summed E-state index contributed by atoms with van der Waals surface area (Å²) in [4.78, 5) is 0. The number of aromatic nitrogens is 2. The van der Waals surface area contributed by atoms with Crippen LogP contribution in [0.2, 0.25) is 10.0 Å². The SMILES string of the molecule is Cc1ccc(Cl)cc1NC(=S)Nc1cnn(Cc2ccc(F)cc2Cl)c1. The Morgan fingerprint density at radius 3 is 2.77 bits per heavy atom. The van der Waals surface area contributed by atoms with E-state index in [4.69, 9.17) is 35.4 Å². The number of rotatable bonds is 4. The molecular weight excluding hydrogens is 394 g/mol. The van der Waals surface area contributed by atoms with Crippen molar-refractivity contribution in [1.29, 1.82) is 0 Å². The van der Waals surface area contributed by atoms with Crippen LogP contribution >= 0.6 is 35.4 Å². The molecular formula is C18H15Cl2FN4S. The molecule has 8 heteroatoms. The van der Waals surface area contributed by atoms with E-state index in [0.717, 1.165) is 22.5 Å². The maximum atomic E-state index is 13.1. The molecule has 3 rings (SSSR count). The third kappa shape index (κ3) is 4.72. The molecule has 0 fully saturated rings. The van der Waals surface area contributed by atoms with E-state index in [9.17, 15) is 4.39 Å². The lowest BCUT2D eigenvalue weighted by atomic mass is 10.2. The monoisotopic (exact) mass is 408 g/mol. The zero-order chi connectivity index (χ0) is 18.7. The van der Waals surface area contributed by atoms with Crippen LogP contribution < -0.4 is 10.6 Å². The molecule has 0 atom stereocenters. The quantitative estimate of drug-likeness (QED) is 0.559. The van der Waals surface area contributed by atoms with Gasteiger partial charge in [-0.05, 0) is 54.5 Å². The molecule has 26 heavy (non-hydrogen) atoms. The van der Waals surface area contributed by atoms with Gasteiger partial charge in [-0.15, -0.1) is 0 Å². The maximum absolute atomic E-state index is 13.1. The van der Waals surface area contributed by atoms with Crippen molar-refractivity contribution in [3.05, 3.63) is 75.8 Å². The Morgan fingerprint density at radius 1 is 1.19 bits per heavy atom. The topological polar surface area (TPSA) is 41.9 Å². The summed E-state index contributed by atoms with van der Waals surface area (Å²) in [6.45, 7) is 2.39. The molecule has 0 amide bonds. The van der Waals surface area contributed by atoms with Crippen LogP contribution in [0.15, 0.2) is 48.8 Å². The highest BCUT2D eigenvalue weighted by atomic mass is 35.5. The number of aryl methyl sites for hydroxylation is 1. The van der Waals surface area contributed by atoms with Gasteiger partial charge in [0.25, 0.3) is 0 Å². The van der Waals surface area contributed by atoms with Gasteiger partial charge in [0.15, 0.2) is 5.11 Å². The van der Waals surface area contributed by atoms with Crippen molar-refractivity contribution in [3.8, 4) is 0 Å². The van der Waals surface area contributed by atoms with Gasteiger partial charge in [0, 0.05) is 21.9 Å². The standard InChI is InChI=1S/C18H15Cl2FN4S/c1-11-2-4-13(19)6-17(11)24-18(26)23-15-8-22-25(10-15)9-12-3-5-14(21)7-16(12)20/h2-8,10H,9H2,1H3,(H2,23,24,26). The van der Waals surface area contributed by atoms with Crippen LogP contribution in [0, 0.1) is 12.7 Å². The van der Waals surface area contributed by atoms with Gasteiger partial charge in [0.2, 0.25) is 0 Å². The van der Waals surface area contributed by atoms with Crippen LogP contribution in [0.4, 0.5) is 15.8 Å². The largest absolute Gasteiger partial charge is 0.332 e. The first-order valence-electron chi connectivity index (χ1n) is 7.71. The Labute approximate surface area is 165 Å². The van der Waals surface area contributed by atoms with Crippen molar-refractivity contribution in [2.24, 2.45) is 0 Å². The Kier molecular flexibility index (Phi) is 5.76. The minimum atomic E-state index is -0.366. The fourth-order valence-corrected chi connectivity index (χ4v) is 2.98. The van der Waals surface area contributed by atoms with Crippen molar-refractivity contribution in [2.45, 2.75) is 13.5 Å². The minimum absolute atomic E-state index is 0.364. The molecule has 4 nitrogen and oxygen atoms in total. The van der Waals surface area contributed by atoms with Gasteiger partial charge in [-0.1, -0.05) is 35.3 Å². The van der Waals surface area contributed by atoms with Crippen LogP contribution in [0.25, 0.3) is 0 Å². The molecule has 134 valence electrons. The molecule has 2 aromatic carbocycles. The predicted molar refractivity (Wildman–Crippen MR) is 109 cm³/mol. The van der Waals surface area contributed by atoms with Crippen molar-refractivity contribution in [2.75, 3.05) is 10.6 Å². The van der Waals surface area contributed by atoms with Gasteiger partial charge in [0.1, 0.15) is 5.82 Å². The van der Waals surface area contributed by atoms with Crippen molar-refractivity contribution in [1.82, 2.24) is 9.78 Å². The van der Waals surface area contributed by atoms with Crippen LogP contribution in [0.1, 0.15) is 11.1 Å². The van der Waals surface area contributed by atoms with Crippen LogP contribution in [0.3, 0.4) is 0 Å². The summed E-state index contributed by atoms with van der Waals surface area (Å²) in [6, 6.07) is 9.84. The lowest BCUT2D eigenvalue weighted by molar-refractivity contribution is 0.624. The average molecular weight is 409 g/mol. The van der Waals surface area contributed by atoms with E-state index < -0.39 is 0 Å². The second kappa shape index (κ2) is 8.03. The van der Waals surface area contributed by atoms with E-state index in [0.29, 0.717) is 21.7 Å². The lowest BCUT2D eigenvalue weighted by Crippen LogP contribution is -2.19. The fraction of sp³-hybridized carbons (Fsp3) is 0.111. The third-order valence-corrected chi connectivity index (χ3v) is 4.48. The molecule has 1 aromatic heterocycles. The Bertz CT molecular complexity index is 958. The fourth-order valence-electron chi connectivity index (χ4n) is 2.35. The van der Waals surface area contributed by atoms with Gasteiger partial charge in [-0.25, -0.2) is 4.39 Å².